The van der Waals surface area contributed by atoms with Gasteiger partial charge in [-0.2, -0.15) is 0 Å². The monoisotopic (exact) mass is 277 g/mol. The summed E-state index contributed by atoms with van der Waals surface area (Å²) < 4.78 is 0. The Morgan fingerprint density at radius 3 is 2.40 bits per heavy atom. The zero-order valence-electron chi connectivity index (χ0n) is 12.3. The third kappa shape index (κ3) is 5.03. The Bertz CT molecular complexity index is 454. The molecule has 0 saturated heterocycles. The number of amides is 1. The van der Waals surface area contributed by atoms with Crippen molar-refractivity contribution < 1.29 is 14.7 Å². The fraction of sp³-hybridized carbons (Fsp3) is 0.500. The Morgan fingerprint density at radius 2 is 1.85 bits per heavy atom. The van der Waals surface area contributed by atoms with Crippen molar-refractivity contribution >= 4 is 11.9 Å². The molecule has 0 aliphatic heterocycles. The largest absolute Gasteiger partial charge is 0.481 e. The molecule has 0 aliphatic carbocycles. The van der Waals surface area contributed by atoms with Crippen molar-refractivity contribution in [2.45, 2.75) is 39.0 Å². The molecule has 2 N–H and O–H groups in total. The molecule has 0 aromatic heterocycles. The lowest BCUT2D eigenvalue weighted by molar-refractivity contribution is -0.141. The summed E-state index contributed by atoms with van der Waals surface area (Å²) in [6.07, 6.45) is 1.12. The number of carbonyl (C=O) groups excluding carboxylic acids is 1. The molecule has 20 heavy (non-hydrogen) atoms. The van der Waals surface area contributed by atoms with Gasteiger partial charge in [-0.1, -0.05) is 51.1 Å². The Hall–Kier alpha value is -1.84. The number of benzene rings is 1. The molecule has 1 unspecified atom stereocenters. The van der Waals surface area contributed by atoms with E-state index in [-0.39, 0.29) is 17.9 Å². The smallest absolute Gasteiger partial charge is 0.308 e. The molecule has 1 atom stereocenters. The summed E-state index contributed by atoms with van der Waals surface area (Å²) in [5.74, 6) is -1.54. The number of carboxylic acids is 1. The first-order valence-corrected chi connectivity index (χ1v) is 6.88. The summed E-state index contributed by atoms with van der Waals surface area (Å²) in [7, 11) is 0. The van der Waals surface area contributed by atoms with Gasteiger partial charge < -0.3 is 10.4 Å². The van der Waals surface area contributed by atoms with Crippen molar-refractivity contribution in [1.82, 2.24) is 5.32 Å². The second-order valence-electron chi connectivity index (χ2n) is 5.79. The van der Waals surface area contributed by atoms with Gasteiger partial charge in [-0.15, -0.1) is 0 Å². The molecular weight excluding hydrogens is 254 g/mol. The first kappa shape index (κ1) is 16.2. The quantitative estimate of drug-likeness (QED) is 0.805. The van der Waals surface area contributed by atoms with Crippen LogP contribution in [0.4, 0.5) is 0 Å². The third-order valence-corrected chi connectivity index (χ3v) is 3.56. The highest BCUT2D eigenvalue weighted by atomic mass is 16.4. The molecule has 1 aromatic carbocycles. The lowest BCUT2D eigenvalue weighted by Gasteiger charge is -2.25. The average Bonchev–Trinajstić information content (AvgIpc) is 2.43. The Kier molecular flexibility index (Phi) is 5.74. The molecule has 1 aromatic rings. The Morgan fingerprint density at radius 1 is 1.25 bits per heavy atom. The van der Waals surface area contributed by atoms with E-state index in [1.165, 1.54) is 5.56 Å². The molecule has 0 heterocycles. The summed E-state index contributed by atoms with van der Waals surface area (Å²) >= 11 is 0. The van der Waals surface area contributed by atoms with E-state index in [1.807, 2.05) is 18.2 Å². The highest BCUT2D eigenvalue weighted by Crippen LogP contribution is 2.27. The zero-order valence-corrected chi connectivity index (χ0v) is 12.3. The lowest BCUT2D eigenvalue weighted by atomic mass is 9.80. The van der Waals surface area contributed by atoms with Crippen LogP contribution in [0.3, 0.4) is 0 Å². The standard InChI is InChI=1S/C16H23NO3/c1-12(15(19)20)11-17-14(18)9-10-16(2,3)13-7-5-4-6-8-13/h4-8,12H,9-11H2,1-3H3,(H,17,18)(H,19,20). The van der Waals surface area contributed by atoms with Crippen molar-refractivity contribution in [2.75, 3.05) is 6.54 Å². The van der Waals surface area contributed by atoms with Gasteiger partial charge in [0.2, 0.25) is 5.91 Å². The number of carbonyl (C=O) groups is 2. The van der Waals surface area contributed by atoms with Gasteiger partial charge in [-0.25, -0.2) is 0 Å². The number of hydrogen-bond acceptors (Lipinski definition) is 2. The molecule has 0 radical (unpaired) electrons. The number of hydrogen-bond donors (Lipinski definition) is 2. The molecule has 4 nitrogen and oxygen atoms in total. The van der Waals surface area contributed by atoms with Gasteiger partial charge in [0.25, 0.3) is 0 Å². The van der Waals surface area contributed by atoms with Crippen LogP contribution in [0.15, 0.2) is 30.3 Å². The van der Waals surface area contributed by atoms with Crippen LogP contribution in [-0.2, 0) is 15.0 Å². The van der Waals surface area contributed by atoms with Gasteiger partial charge in [-0.05, 0) is 17.4 Å². The van der Waals surface area contributed by atoms with Gasteiger partial charge in [0.05, 0.1) is 5.92 Å². The second kappa shape index (κ2) is 7.08. The number of rotatable bonds is 7. The van der Waals surface area contributed by atoms with Gasteiger partial charge in [0, 0.05) is 13.0 Å². The summed E-state index contributed by atoms with van der Waals surface area (Å²) in [4.78, 5) is 22.4. The second-order valence-corrected chi connectivity index (χ2v) is 5.79. The zero-order chi connectivity index (χ0) is 15.2. The van der Waals surface area contributed by atoms with Crippen molar-refractivity contribution in [2.24, 2.45) is 5.92 Å². The summed E-state index contributed by atoms with van der Waals surface area (Å²) in [6, 6.07) is 10.1. The van der Waals surface area contributed by atoms with E-state index in [0.29, 0.717) is 6.42 Å². The molecule has 4 heteroatoms. The van der Waals surface area contributed by atoms with Crippen LogP contribution in [-0.4, -0.2) is 23.5 Å². The van der Waals surface area contributed by atoms with Gasteiger partial charge in [-0.3, -0.25) is 9.59 Å². The van der Waals surface area contributed by atoms with E-state index < -0.39 is 11.9 Å². The van der Waals surface area contributed by atoms with Gasteiger partial charge >= 0.3 is 5.97 Å². The first-order chi connectivity index (χ1) is 9.33. The summed E-state index contributed by atoms with van der Waals surface area (Å²) in [5.41, 5.74) is 1.13. The van der Waals surface area contributed by atoms with Crippen LogP contribution in [0, 0.1) is 5.92 Å². The van der Waals surface area contributed by atoms with Crippen LogP contribution in [0.25, 0.3) is 0 Å². The number of aliphatic carboxylic acids is 1. The predicted octanol–water partition coefficient (Wildman–Crippen LogP) is 2.58. The normalized spacial score (nSPS) is 12.8. The van der Waals surface area contributed by atoms with E-state index in [0.717, 1.165) is 6.42 Å². The average molecular weight is 277 g/mol. The van der Waals surface area contributed by atoms with E-state index in [1.54, 1.807) is 6.92 Å². The Labute approximate surface area is 120 Å². The maximum atomic E-state index is 11.7. The van der Waals surface area contributed by atoms with Crippen molar-refractivity contribution in [3.8, 4) is 0 Å². The van der Waals surface area contributed by atoms with E-state index in [9.17, 15) is 9.59 Å². The molecule has 1 amide bonds. The minimum absolute atomic E-state index is 0.0724. The maximum absolute atomic E-state index is 11.7. The third-order valence-electron chi connectivity index (χ3n) is 3.56. The van der Waals surface area contributed by atoms with Gasteiger partial charge in [0.15, 0.2) is 0 Å². The molecule has 0 bridgehead atoms. The van der Waals surface area contributed by atoms with Crippen molar-refractivity contribution in [3.63, 3.8) is 0 Å². The minimum Gasteiger partial charge on any atom is -0.481 e. The maximum Gasteiger partial charge on any atom is 0.308 e. The van der Waals surface area contributed by atoms with Gasteiger partial charge in [0.1, 0.15) is 0 Å². The predicted molar refractivity (Wildman–Crippen MR) is 78.5 cm³/mol. The van der Waals surface area contributed by atoms with Crippen molar-refractivity contribution in [3.05, 3.63) is 35.9 Å². The van der Waals surface area contributed by atoms with Crippen molar-refractivity contribution in [1.29, 1.82) is 0 Å². The van der Waals surface area contributed by atoms with Crippen LogP contribution < -0.4 is 5.32 Å². The van der Waals surface area contributed by atoms with Crippen LogP contribution >= 0.6 is 0 Å². The molecule has 0 aliphatic rings. The fourth-order valence-electron chi connectivity index (χ4n) is 1.90. The SMILES string of the molecule is CC(CNC(=O)CCC(C)(C)c1ccccc1)C(=O)O. The fourth-order valence-corrected chi connectivity index (χ4v) is 1.90. The first-order valence-electron chi connectivity index (χ1n) is 6.88. The van der Waals surface area contributed by atoms with Crippen LogP contribution in [0.1, 0.15) is 39.2 Å². The molecule has 0 fully saturated rings. The van der Waals surface area contributed by atoms with E-state index in [4.69, 9.17) is 5.11 Å². The minimum atomic E-state index is -0.894. The number of carboxylic acid groups (broad SMARTS) is 1. The van der Waals surface area contributed by atoms with Crippen LogP contribution in [0.2, 0.25) is 0 Å². The van der Waals surface area contributed by atoms with Crippen LogP contribution in [0.5, 0.6) is 0 Å². The van der Waals surface area contributed by atoms with E-state index >= 15 is 0 Å². The number of nitrogens with one attached hydrogen (secondary N) is 1. The van der Waals surface area contributed by atoms with E-state index in [2.05, 4.69) is 31.3 Å². The molecule has 1 rings (SSSR count). The summed E-state index contributed by atoms with van der Waals surface area (Å²) in [6.45, 7) is 5.97. The topological polar surface area (TPSA) is 66.4 Å². The molecular formula is C16H23NO3. The lowest BCUT2D eigenvalue weighted by Crippen LogP contribution is -2.32. The highest BCUT2D eigenvalue weighted by Gasteiger charge is 2.21. The molecule has 0 spiro atoms. The molecule has 0 saturated carbocycles. The summed E-state index contributed by atoms with van der Waals surface area (Å²) in [5, 5.41) is 11.4. The molecule has 110 valence electrons. The highest BCUT2D eigenvalue weighted by molar-refractivity contribution is 5.77. The Balaban J connectivity index is 2.42.